The van der Waals surface area contributed by atoms with E-state index in [1.54, 1.807) is 0 Å². The molecule has 1 aromatic rings. The second kappa shape index (κ2) is 7.35. The third kappa shape index (κ3) is 5.24. The lowest BCUT2D eigenvalue weighted by atomic mass is 9.96. The van der Waals surface area contributed by atoms with Crippen molar-refractivity contribution in [3.8, 4) is 0 Å². The molecule has 1 aliphatic carbocycles. The molecule has 0 radical (unpaired) electrons. The summed E-state index contributed by atoms with van der Waals surface area (Å²) in [5, 5.41) is 6.65. The van der Waals surface area contributed by atoms with E-state index in [9.17, 15) is 9.59 Å². The molecule has 0 unspecified atom stereocenters. The molecular formula is C18H25ClN2O2. The van der Waals surface area contributed by atoms with Crippen LogP contribution in [0.25, 0.3) is 0 Å². The lowest BCUT2D eigenvalue weighted by molar-refractivity contribution is -0.128. The Bertz CT molecular complexity index is 581. The minimum atomic E-state index is -0.390. The summed E-state index contributed by atoms with van der Waals surface area (Å²) in [5.41, 5.74) is 0.718. The van der Waals surface area contributed by atoms with Gasteiger partial charge in [-0.3, -0.25) is 9.59 Å². The molecule has 0 bridgehead atoms. The summed E-state index contributed by atoms with van der Waals surface area (Å²) in [6, 6.07) is 7.96. The van der Waals surface area contributed by atoms with Crippen LogP contribution in [0.3, 0.4) is 0 Å². The summed E-state index contributed by atoms with van der Waals surface area (Å²) in [6.07, 6.45) is 2.02. The molecule has 2 rings (SSSR count). The zero-order chi connectivity index (χ0) is 17.0. The van der Waals surface area contributed by atoms with Crippen LogP contribution >= 0.6 is 11.6 Å². The number of carbonyl (C=O) groups is 2. The molecule has 1 aliphatic rings. The topological polar surface area (TPSA) is 58.2 Å². The van der Waals surface area contributed by atoms with Gasteiger partial charge in [0.1, 0.15) is 0 Å². The van der Waals surface area contributed by atoms with Crippen LogP contribution in [0.5, 0.6) is 0 Å². The molecular weight excluding hydrogens is 312 g/mol. The first kappa shape index (κ1) is 17.8. The Morgan fingerprint density at radius 3 is 2.61 bits per heavy atom. The van der Waals surface area contributed by atoms with Crippen molar-refractivity contribution in [2.75, 3.05) is 6.54 Å². The first-order valence-corrected chi connectivity index (χ1v) is 8.49. The Hall–Kier alpha value is -1.55. The second-order valence-corrected chi connectivity index (χ2v) is 7.55. The molecule has 2 amide bonds. The van der Waals surface area contributed by atoms with Gasteiger partial charge in [-0.2, -0.15) is 0 Å². The molecule has 1 saturated carbocycles. The lowest BCUT2D eigenvalue weighted by Crippen LogP contribution is -2.36. The predicted octanol–water partition coefficient (Wildman–Crippen LogP) is 3.25. The molecule has 0 saturated heterocycles. The van der Waals surface area contributed by atoms with Crippen molar-refractivity contribution in [2.24, 2.45) is 5.41 Å². The monoisotopic (exact) mass is 336 g/mol. The van der Waals surface area contributed by atoms with E-state index in [0.29, 0.717) is 25.3 Å². The average Bonchev–Trinajstić information content (AvgIpc) is 3.21. The molecule has 2 N–H and O–H groups in total. The van der Waals surface area contributed by atoms with Gasteiger partial charge in [0.25, 0.3) is 0 Å². The van der Waals surface area contributed by atoms with Crippen LogP contribution in [0.4, 0.5) is 0 Å². The van der Waals surface area contributed by atoms with Crippen molar-refractivity contribution >= 4 is 23.4 Å². The summed E-state index contributed by atoms with van der Waals surface area (Å²) in [4.78, 5) is 23.6. The Morgan fingerprint density at radius 1 is 1.26 bits per heavy atom. The molecule has 23 heavy (non-hydrogen) atoms. The van der Waals surface area contributed by atoms with Crippen molar-refractivity contribution in [1.82, 2.24) is 10.6 Å². The van der Waals surface area contributed by atoms with E-state index in [1.807, 2.05) is 45.0 Å². The molecule has 0 aliphatic heterocycles. The first-order valence-electron chi connectivity index (χ1n) is 8.11. The largest absolute Gasteiger partial charge is 0.356 e. The highest BCUT2D eigenvalue weighted by atomic mass is 35.5. The molecule has 5 heteroatoms. The molecule has 126 valence electrons. The quantitative estimate of drug-likeness (QED) is 0.783. The SMILES string of the molecule is CC(C)(C)C(=O)NCCCC(=O)N[C@@H]1C[C@H]1c1ccccc1Cl. The van der Waals surface area contributed by atoms with E-state index in [0.717, 1.165) is 17.0 Å². The van der Waals surface area contributed by atoms with Gasteiger partial charge in [-0.1, -0.05) is 50.6 Å². The first-order chi connectivity index (χ1) is 10.8. The number of nitrogens with one attached hydrogen (secondary N) is 2. The zero-order valence-corrected chi connectivity index (χ0v) is 14.7. The summed E-state index contributed by atoms with van der Waals surface area (Å²) in [6.45, 7) is 6.15. The Kier molecular flexibility index (Phi) is 5.69. The molecule has 0 aromatic heterocycles. The fourth-order valence-corrected chi connectivity index (χ4v) is 2.74. The number of hydrogen-bond donors (Lipinski definition) is 2. The van der Waals surface area contributed by atoms with Gasteiger partial charge in [0.15, 0.2) is 0 Å². The lowest BCUT2D eigenvalue weighted by Gasteiger charge is -2.17. The number of rotatable bonds is 6. The maximum atomic E-state index is 11.9. The maximum Gasteiger partial charge on any atom is 0.225 e. The number of hydrogen-bond acceptors (Lipinski definition) is 2. The number of benzene rings is 1. The van der Waals surface area contributed by atoms with Gasteiger partial charge in [-0.15, -0.1) is 0 Å². The van der Waals surface area contributed by atoms with Gasteiger partial charge in [-0.25, -0.2) is 0 Å². The summed E-state index contributed by atoms with van der Waals surface area (Å²) < 4.78 is 0. The third-order valence-corrected chi connectivity index (χ3v) is 4.33. The predicted molar refractivity (Wildman–Crippen MR) is 92.4 cm³/mol. The van der Waals surface area contributed by atoms with Gasteiger partial charge in [0, 0.05) is 35.4 Å². The van der Waals surface area contributed by atoms with E-state index < -0.39 is 5.41 Å². The van der Waals surface area contributed by atoms with E-state index in [2.05, 4.69) is 10.6 Å². The summed E-state index contributed by atoms with van der Waals surface area (Å²) in [7, 11) is 0. The third-order valence-electron chi connectivity index (χ3n) is 3.99. The average molecular weight is 337 g/mol. The number of amides is 2. The summed E-state index contributed by atoms with van der Waals surface area (Å²) in [5.74, 6) is 0.377. The standard InChI is InChI=1S/C18H25ClN2O2/c1-18(2,3)17(23)20-10-6-9-16(22)21-15-11-13(15)12-7-4-5-8-14(12)19/h4-5,7-8,13,15H,6,9-11H2,1-3H3,(H,20,23)(H,21,22)/t13-,15+/m0/s1. The molecule has 1 aromatic carbocycles. The van der Waals surface area contributed by atoms with Crippen LogP contribution in [0.15, 0.2) is 24.3 Å². The smallest absolute Gasteiger partial charge is 0.225 e. The van der Waals surface area contributed by atoms with E-state index in [4.69, 9.17) is 11.6 Å². The van der Waals surface area contributed by atoms with E-state index in [-0.39, 0.29) is 17.9 Å². The summed E-state index contributed by atoms with van der Waals surface area (Å²) >= 11 is 6.18. The van der Waals surface area contributed by atoms with Crippen LogP contribution in [0.1, 0.15) is 51.5 Å². The van der Waals surface area contributed by atoms with E-state index >= 15 is 0 Å². The van der Waals surface area contributed by atoms with Crippen molar-refractivity contribution in [2.45, 2.75) is 52.0 Å². The molecule has 0 spiro atoms. The Labute approximate surface area is 143 Å². The second-order valence-electron chi connectivity index (χ2n) is 7.15. The van der Waals surface area contributed by atoms with Crippen LogP contribution in [0.2, 0.25) is 5.02 Å². The van der Waals surface area contributed by atoms with Crippen molar-refractivity contribution in [1.29, 1.82) is 0 Å². The highest BCUT2D eigenvalue weighted by molar-refractivity contribution is 6.31. The zero-order valence-electron chi connectivity index (χ0n) is 14.0. The van der Waals surface area contributed by atoms with Crippen molar-refractivity contribution < 1.29 is 9.59 Å². The van der Waals surface area contributed by atoms with Gasteiger partial charge < -0.3 is 10.6 Å². The normalized spacial score (nSPS) is 20.0. The van der Waals surface area contributed by atoms with Gasteiger partial charge >= 0.3 is 0 Å². The van der Waals surface area contributed by atoms with Crippen LogP contribution in [-0.2, 0) is 9.59 Å². The molecule has 4 nitrogen and oxygen atoms in total. The van der Waals surface area contributed by atoms with Crippen molar-refractivity contribution in [3.63, 3.8) is 0 Å². The number of halogens is 1. The highest BCUT2D eigenvalue weighted by Crippen LogP contribution is 2.43. The van der Waals surface area contributed by atoms with Crippen LogP contribution < -0.4 is 10.6 Å². The molecule has 1 fully saturated rings. The van der Waals surface area contributed by atoms with Gasteiger partial charge in [0.2, 0.25) is 11.8 Å². The minimum absolute atomic E-state index is 0.0129. The van der Waals surface area contributed by atoms with Gasteiger partial charge in [0.05, 0.1) is 0 Å². The van der Waals surface area contributed by atoms with E-state index in [1.165, 1.54) is 0 Å². The van der Waals surface area contributed by atoms with Crippen LogP contribution in [0, 0.1) is 5.41 Å². The molecule has 2 atom stereocenters. The number of carbonyl (C=O) groups excluding carboxylic acids is 2. The fraction of sp³-hybridized carbons (Fsp3) is 0.556. The van der Waals surface area contributed by atoms with Crippen LogP contribution in [-0.4, -0.2) is 24.4 Å². The Morgan fingerprint density at radius 2 is 1.96 bits per heavy atom. The fourth-order valence-electron chi connectivity index (χ4n) is 2.47. The highest BCUT2D eigenvalue weighted by Gasteiger charge is 2.40. The van der Waals surface area contributed by atoms with Gasteiger partial charge in [-0.05, 0) is 24.5 Å². The van der Waals surface area contributed by atoms with Crippen molar-refractivity contribution in [3.05, 3.63) is 34.9 Å². The minimum Gasteiger partial charge on any atom is -0.356 e. The Balaban J connectivity index is 1.65. The molecule has 0 heterocycles. The maximum absolute atomic E-state index is 11.9.